The molecule has 1 rings (SSSR count). The fourth-order valence-electron chi connectivity index (χ4n) is 0.905. The molecule has 0 fully saturated rings. The first-order valence-corrected chi connectivity index (χ1v) is 5.99. The van der Waals surface area contributed by atoms with Gasteiger partial charge in [0.25, 0.3) is 9.05 Å². The number of benzene rings is 1. The molecule has 0 atom stereocenters. The smallest absolute Gasteiger partial charge is 0.261 e. The third-order valence-electron chi connectivity index (χ3n) is 1.68. The molecule has 0 aliphatic rings. The lowest BCUT2D eigenvalue weighted by Crippen LogP contribution is -2.13. The predicted molar refractivity (Wildman–Crippen MR) is 53.9 cm³/mol. The van der Waals surface area contributed by atoms with Gasteiger partial charge in [0.15, 0.2) is 0 Å². The highest BCUT2D eigenvalue weighted by atomic mass is 35.7. The van der Waals surface area contributed by atoms with Gasteiger partial charge in [-0.3, -0.25) is 4.79 Å². The Kier molecular flexibility index (Phi) is 3.13. The Balaban J connectivity index is 3.07. The standard InChI is InChI=1S/C8H8ClNO3S/c1-10(6-11)7-2-4-8(5-3-7)14(9,12)13/h2-6H,1H3. The average molecular weight is 234 g/mol. The summed E-state index contributed by atoms with van der Waals surface area (Å²) in [5.74, 6) is 0. The van der Waals surface area contributed by atoms with E-state index in [1.807, 2.05) is 0 Å². The number of amides is 1. The van der Waals surface area contributed by atoms with Crippen LogP contribution in [0.5, 0.6) is 0 Å². The summed E-state index contributed by atoms with van der Waals surface area (Å²) >= 11 is 0. The van der Waals surface area contributed by atoms with Gasteiger partial charge in [0.1, 0.15) is 0 Å². The molecule has 1 aromatic rings. The topological polar surface area (TPSA) is 54.5 Å². The lowest BCUT2D eigenvalue weighted by molar-refractivity contribution is -0.107. The molecule has 0 aromatic heterocycles. The second-order valence-corrected chi connectivity index (χ2v) is 5.21. The zero-order chi connectivity index (χ0) is 10.8. The number of nitrogens with zero attached hydrogens (tertiary/aromatic N) is 1. The van der Waals surface area contributed by atoms with Crippen molar-refractivity contribution in [2.24, 2.45) is 0 Å². The average Bonchev–Trinajstić information content (AvgIpc) is 2.15. The number of anilines is 1. The molecule has 0 aliphatic carbocycles. The van der Waals surface area contributed by atoms with Crippen molar-refractivity contribution >= 4 is 31.8 Å². The second-order valence-electron chi connectivity index (χ2n) is 2.65. The lowest BCUT2D eigenvalue weighted by atomic mass is 10.3. The van der Waals surface area contributed by atoms with Crippen LogP contribution in [0.3, 0.4) is 0 Å². The van der Waals surface area contributed by atoms with Gasteiger partial charge in [0.2, 0.25) is 6.41 Å². The van der Waals surface area contributed by atoms with Gasteiger partial charge in [-0.15, -0.1) is 0 Å². The number of rotatable bonds is 3. The zero-order valence-electron chi connectivity index (χ0n) is 7.34. The summed E-state index contributed by atoms with van der Waals surface area (Å²) in [6, 6.07) is 5.70. The number of carbonyl (C=O) groups is 1. The maximum atomic E-state index is 10.9. The fourth-order valence-corrected chi connectivity index (χ4v) is 1.67. The Hall–Kier alpha value is -1.07. The fraction of sp³-hybridized carbons (Fsp3) is 0.125. The van der Waals surface area contributed by atoms with Gasteiger partial charge in [-0.2, -0.15) is 0 Å². The van der Waals surface area contributed by atoms with Crippen LogP contribution in [-0.4, -0.2) is 21.9 Å². The molecule has 6 heteroatoms. The van der Waals surface area contributed by atoms with Crippen molar-refractivity contribution in [3.8, 4) is 0 Å². The van der Waals surface area contributed by atoms with Crippen LogP contribution in [0, 0.1) is 0 Å². The molecular formula is C8H8ClNO3S. The Morgan fingerprint density at radius 2 is 1.79 bits per heavy atom. The molecule has 0 aliphatic heterocycles. The summed E-state index contributed by atoms with van der Waals surface area (Å²) in [4.78, 5) is 11.7. The Morgan fingerprint density at radius 3 is 2.14 bits per heavy atom. The van der Waals surface area contributed by atoms with Crippen molar-refractivity contribution in [2.75, 3.05) is 11.9 Å². The molecule has 0 heterocycles. The van der Waals surface area contributed by atoms with Crippen LogP contribution in [0.25, 0.3) is 0 Å². The van der Waals surface area contributed by atoms with Gasteiger partial charge in [-0.1, -0.05) is 0 Å². The van der Waals surface area contributed by atoms with Crippen LogP contribution in [0.2, 0.25) is 0 Å². The second kappa shape index (κ2) is 3.98. The molecule has 0 bridgehead atoms. The van der Waals surface area contributed by atoms with Crippen molar-refractivity contribution in [3.05, 3.63) is 24.3 Å². The van der Waals surface area contributed by atoms with Gasteiger partial charge >= 0.3 is 0 Å². The van der Waals surface area contributed by atoms with Crippen molar-refractivity contribution < 1.29 is 13.2 Å². The summed E-state index contributed by atoms with van der Waals surface area (Å²) in [7, 11) is 2.99. The molecule has 76 valence electrons. The maximum absolute atomic E-state index is 10.9. The number of halogens is 1. The van der Waals surface area contributed by atoms with Crippen molar-refractivity contribution in [1.82, 2.24) is 0 Å². The molecule has 0 saturated carbocycles. The molecule has 0 N–H and O–H groups in total. The molecule has 14 heavy (non-hydrogen) atoms. The van der Waals surface area contributed by atoms with Crippen LogP contribution >= 0.6 is 10.7 Å². The summed E-state index contributed by atoms with van der Waals surface area (Å²) < 4.78 is 21.7. The Labute approximate surface area is 86.5 Å². The highest BCUT2D eigenvalue weighted by Gasteiger charge is 2.09. The van der Waals surface area contributed by atoms with E-state index in [0.29, 0.717) is 12.1 Å². The number of hydrogen-bond donors (Lipinski definition) is 0. The largest absolute Gasteiger partial charge is 0.318 e. The SMILES string of the molecule is CN(C=O)c1ccc(S(=O)(=O)Cl)cc1. The zero-order valence-corrected chi connectivity index (χ0v) is 8.92. The van der Waals surface area contributed by atoms with Gasteiger partial charge in [-0.25, -0.2) is 8.42 Å². The monoisotopic (exact) mass is 233 g/mol. The number of carbonyl (C=O) groups excluding carboxylic acids is 1. The van der Waals surface area contributed by atoms with E-state index in [2.05, 4.69) is 0 Å². The van der Waals surface area contributed by atoms with Gasteiger partial charge in [-0.05, 0) is 24.3 Å². The van der Waals surface area contributed by atoms with Crippen molar-refractivity contribution in [2.45, 2.75) is 4.90 Å². The van der Waals surface area contributed by atoms with E-state index in [0.717, 1.165) is 0 Å². The summed E-state index contributed by atoms with van der Waals surface area (Å²) in [5.41, 5.74) is 0.601. The third kappa shape index (κ3) is 2.46. The van der Waals surface area contributed by atoms with Crippen molar-refractivity contribution in [3.63, 3.8) is 0 Å². The minimum absolute atomic E-state index is 0.0159. The van der Waals surface area contributed by atoms with E-state index in [4.69, 9.17) is 10.7 Å². The first-order chi connectivity index (χ1) is 6.45. The third-order valence-corrected chi connectivity index (χ3v) is 3.05. The van der Waals surface area contributed by atoms with Gasteiger partial charge < -0.3 is 4.90 Å². The quantitative estimate of drug-likeness (QED) is 0.583. The minimum Gasteiger partial charge on any atom is -0.318 e. The Bertz CT molecular complexity index is 426. The molecule has 0 saturated heterocycles. The van der Waals surface area contributed by atoms with Crippen LogP contribution < -0.4 is 4.90 Å². The first-order valence-electron chi connectivity index (χ1n) is 3.68. The molecule has 0 spiro atoms. The van der Waals surface area contributed by atoms with Gasteiger partial charge in [0, 0.05) is 23.4 Å². The predicted octanol–water partition coefficient (Wildman–Crippen LogP) is 1.21. The maximum Gasteiger partial charge on any atom is 0.261 e. The molecule has 1 aromatic carbocycles. The van der Waals surface area contributed by atoms with E-state index >= 15 is 0 Å². The van der Waals surface area contributed by atoms with E-state index in [-0.39, 0.29) is 4.90 Å². The number of hydrogen-bond acceptors (Lipinski definition) is 3. The molecule has 1 amide bonds. The normalized spacial score (nSPS) is 11.0. The summed E-state index contributed by atoms with van der Waals surface area (Å²) in [6.45, 7) is 0. The van der Waals surface area contributed by atoms with Crippen LogP contribution in [0.15, 0.2) is 29.2 Å². The minimum atomic E-state index is -3.69. The van der Waals surface area contributed by atoms with E-state index in [1.54, 1.807) is 7.05 Å². The summed E-state index contributed by atoms with van der Waals surface area (Å²) in [5, 5.41) is 0. The van der Waals surface area contributed by atoms with E-state index < -0.39 is 9.05 Å². The summed E-state index contributed by atoms with van der Waals surface area (Å²) in [6.07, 6.45) is 0.629. The van der Waals surface area contributed by atoms with Crippen molar-refractivity contribution in [1.29, 1.82) is 0 Å². The molecule has 0 radical (unpaired) electrons. The molecule has 0 unspecified atom stereocenters. The Morgan fingerprint density at radius 1 is 1.29 bits per heavy atom. The van der Waals surface area contributed by atoms with E-state index in [1.165, 1.54) is 29.2 Å². The van der Waals surface area contributed by atoms with Crippen LogP contribution in [0.4, 0.5) is 5.69 Å². The molecular weight excluding hydrogens is 226 g/mol. The molecule has 4 nitrogen and oxygen atoms in total. The van der Waals surface area contributed by atoms with Crippen LogP contribution in [-0.2, 0) is 13.8 Å². The van der Waals surface area contributed by atoms with E-state index in [9.17, 15) is 13.2 Å². The highest BCUT2D eigenvalue weighted by Crippen LogP contribution is 2.18. The van der Waals surface area contributed by atoms with Crippen LogP contribution in [0.1, 0.15) is 0 Å². The highest BCUT2D eigenvalue weighted by molar-refractivity contribution is 8.13. The van der Waals surface area contributed by atoms with Gasteiger partial charge in [0.05, 0.1) is 4.90 Å². The first kappa shape index (κ1) is 11.0. The lowest BCUT2D eigenvalue weighted by Gasteiger charge is -2.09.